The van der Waals surface area contributed by atoms with Crippen LogP contribution in [0.4, 0.5) is 4.79 Å². The molecule has 0 aromatic heterocycles. The molecule has 2 amide bonds. The lowest BCUT2D eigenvalue weighted by Crippen LogP contribution is -2.29. The van der Waals surface area contributed by atoms with E-state index in [1.165, 1.54) is 11.9 Å². The third kappa shape index (κ3) is 8.20. The van der Waals surface area contributed by atoms with Crippen LogP contribution in [0, 0.1) is 5.92 Å². The maximum absolute atomic E-state index is 12.4. The topological polar surface area (TPSA) is 118 Å². The molecule has 240 valence electrons. The van der Waals surface area contributed by atoms with Gasteiger partial charge in [0.2, 0.25) is 5.91 Å². The molecule has 0 saturated carbocycles. The van der Waals surface area contributed by atoms with Crippen molar-refractivity contribution in [2.75, 3.05) is 17.6 Å². The number of halogens is 1. The van der Waals surface area contributed by atoms with Crippen LogP contribution in [0.15, 0.2) is 72.6 Å². The highest BCUT2D eigenvalue weighted by Crippen LogP contribution is 2.49. The average molecular weight is 748 g/mol. The number of nitrogens with one attached hydrogen (secondary N) is 1. The summed E-state index contributed by atoms with van der Waals surface area (Å²) in [6, 6.07) is 7.63. The molecule has 3 saturated heterocycles. The second kappa shape index (κ2) is 14.5. The molecule has 0 unspecified atom stereocenters. The van der Waals surface area contributed by atoms with Crippen LogP contribution in [0.25, 0.3) is 0 Å². The number of hydrogen-bond donors (Lipinski definition) is 1. The molecule has 45 heavy (non-hydrogen) atoms. The first kappa shape index (κ1) is 33.3. The normalized spacial score (nSPS) is 27.5. The summed E-state index contributed by atoms with van der Waals surface area (Å²) >= 11 is 3.51. The van der Waals surface area contributed by atoms with Gasteiger partial charge in [0.25, 0.3) is 0 Å². The first-order valence-electron chi connectivity index (χ1n) is 15.1. The number of rotatable bonds is 11. The predicted molar refractivity (Wildman–Crippen MR) is 179 cm³/mol. The van der Waals surface area contributed by atoms with Crippen LogP contribution in [0.3, 0.4) is 0 Å². The van der Waals surface area contributed by atoms with E-state index in [1.54, 1.807) is 4.90 Å². The summed E-state index contributed by atoms with van der Waals surface area (Å²) in [7, 11) is 0. The fraction of sp³-hybridized carbons (Fsp3) is 0.455. The van der Waals surface area contributed by atoms with Crippen LogP contribution in [-0.2, 0) is 41.7 Å². The molecule has 1 N–H and O–H groups in total. The van der Waals surface area contributed by atoms with E-state index in [0.717, 1.165) is 59.1 Å². The van der Waals surface area contributed by atoms with Crippen LogP contribution >= 0.6 is 34.5 Å². The minimum Gasteiger partial charge on any atom is -0.458 e. The lowest BCUT2D eigenvalue weighted by atomic mass is 9.84. The second-order valence-corrected chi connectivity index (χ2v) is 13.8. The van der Waals surface area contributed by atoms with Crippen molar-refractivity contribution >= 4 is 57.6 Å². The largest absolute Gasteiger partial charge is 0.458 e. The highest BCUT2D eigenvalue weighted by atomic mass is 127. The Labute approximate surface area is 281 Å². The van der Waals surface area contributed by atoms with E-state index in [4.69, 9.17) is 14.2 Å². The monoisotopic (exact) mass is 747 g/mol. The van der Waals surface area contributed by atoms with E-state index < -0.39 is 11.9 Å². The molecule has 4 aliphatic rings. The zero-order chi connectivity index (χ0) is 32.1. The van der Waals surface area contributed by atoms with Crippen LogP contribution in [0.1, 0.15) is 50.2 Å². The second-order valence-electron chi connectivity index (χ2n) is 11.8. The Kier molecular flexibility index (Phi) is 10.8. The molecule has 0 bridgehead atoms. The maximum Gasteiger partial charge on any atom is 0.334 e. The van der Waals surface area contributed by atoms with E-state index in [-0.39, 0.29) is 48.1 Å². The van der Waals surface area contributed by atoms with Gasteiger partial charge in [0.15, 0.2) is 0 Å². The Morgan fingerprint density at radius 2 is 1.96 bits per heavy atom. The Bertz CT molecular complexity index is 1430. The molecule has 12 heteroatoms. The Balaban J connectivity index is 1.05. The number of fused-ring (bicyclic) bond motifs is 3. The van der Waals surface area contributed by atoms with Gasteiger partial charge in [0.1, 0.15) is 24.6 Å². The summed E-state index contributed by atoms with van der Waals surface area (Å²) < 4.78 is 19.9. The molecule has 3 heterocycles. The van der Waals surface area contributed by atoms with E-state index in [9.17, 15) is 19.2 Å². The van der Waals surface area contributed by atoms with Crippen LogP contribution in [0.5, 0.6) is 0 Å². The quantitative estimate of drug-likeness (QED) is 0.0609. The Hall–Kier alpha value is -3.10. The molecular weight excluding hydrogens is 709 g/mol. The number of ether oxygens (including phenoxy) is 3. The van der Waals surface area contributed by atoms with Gasteiger partial charge < -0.3 is 19.5 Å². The number of carbonyl (C=O) groups excluding carboxylic acids is 4. The summed E-state index contributed by atoms with van der Waals surface area (Å²) in [5.74, 6) is -0.828. The highest BCUT2D eigenvalue weighted by molar-refractivity contribution is 14.1. The fourth-order valence-corrected chi connectivity index (χ4v) is 6.99. The molecule has 3 aliphatic heterocycles. The van der Waals surface area contributed by atoms with Crippen molar-refractivity contribution in [2.45, 2.75) is 69.9 Å². The van der Waals surface area contributed by atoms with Crippen LogP contribution < -0.4 is 5.32 Å². The first-order chi connectivity index (χ1) is 21.6. The predicted octanol–water partition coefficient (Wildman–Crippen LogP) is 5.34. The van der Waals surface area contributed by atoms with Crippen molar-refractivity contribution in [1.82, 2.24) is 14.5 Å². The number of amides is 2. The van der Waals surface area contributed by atoms with Crippen LogP contribution in [-0.4, -0.2) is 67.7 Å². The van der Waals surface area contributed by atoms with Gasteiger partial charge in [-0.05, 0) is 55.7 Å². The molecule has 5 rings (SSSR count). The van der Waals surface area contributed by atoms with Gasteiger partial charge in [-0.25, -0.2) is 9.59 Å². The Morgan fingerprint density at radius 3 is 2.71 bits per heavy atom. The molecular formula is C33H38IN3O7S. The highest BCUT2D eigenvalue weighted by Gasteiger charge is 2.61. The maximum atomic E-state index is 12.4. The Morgan fingerprint density at radius 1 is 1.20 bits per heavy atom. The third-order valence-electron chi connectivity index (χ3n) is 8.54. The molecule has 0 spiro atoms. The van der Waals surface area contributed by atoms with Gasteiger partial charge in [-0.1, -0.05) is 66.1 Å². The van der Waals surface area contributed by atoms with Gasteiger partial charge in [0.05, 0.1) is 24.1 Å². The number of esters is 2. The van der Waals surface area contributed by atoms with E-state index >= 15 is 0 Å². The summed E-state index contributed by atoms with van der Waals surface area (Å²) in [6.07, 6.45) is 7.71. The zero-order valence-corrected chi connectivity index (χ0v) is 28.3. The summed E-state index contributed by atoms with van der Waals surface area (Å²) in [6.45, 7) is 11.6. The van der Waals surface area contributed by atoms with Crippen molar-refractivity contribution in [3.63, 3.8) is 0 Å². The number of hydrogen-bond acceptors (Lipinski definition) is 9. The number of carbonyl (C=O) groups is 4. The van der Waals surface area contributed by atoms with Crippen molar-refractivity contribution in [3.8, 4) is 0 Å². The lowest BCUT2D eigenvalue weighted by Gasteiger charge is -2.20. The molecule has 1 aromatic rings. The number of allylic oxidation sites excluding steroid dienone is 1. The summed E-state index contributed by atoms with van der Waals surface area (Å²) in [4.78, 5) is 51.0. The van der Waals surface area contributed by atoms with E-state index in [0.29, 0.717) is 30.8 Å². The number of alkyl halides is 1. The van der Waals surface area contributed by atoms with Gasteiger partial charge in [-0.2, -0.15) is 0 Å². The standard InChI is InChI=1S/C33H38IN3O7S/c1-21-26-12-11-25(6-4-15-33(3)30(44-33)29(26)43-31(21)40)20-42-28(39)14-13-27(38)35-18-23-7-9-24(10-8-23)19-36-22(2)37(17-5-16-34)45-32(36)41/h6-10,13-14,26,29-30H,1-2,4-5,11-12,15-20H2,3H3,(H,35,38)/b14-13-,25-6+/t26-,29-,30-,33+/m0/s1. The fourth-order valence-electron chi connectivity index (χ4n) is 5.77. The van der Waals surface area contributed by atoms with Crippen molar-refractivity contribution < 1.29 is 33.4 Å². The van der Waals surface area contributed by atoms with Crippen LogP contribution in [0.2, 0.25) is 0 Å². The van der Waals surface area contributed by atoms with E-state index in [1.807, 2.05) is 35.5 Å². The van der Waals surface area contributed by atoms with Gasteiger partial charge in [-0.3, -0.25) is 18.8 Å². The first-order valence-corrected chi connectivity index (χ1v) is 17.4. The van der Waals surface area contributed by atoms with E-state index in [2.05, 4.69) is 47.1 Å². The molecule has 10 nitrogen and oxygen atoms in total. The summed E-state index contributed by atoms with van der Waals surface area (Å²) in [5.41, 5.74) is 2.92. The summed E-state index contributed by atoms with van der Waals surface area (Å²) in [5, 5.41) is 2.73. The van der Waals surface area contributed by atoms with Crippen molar-refractivity contribution in [1.29, 1.82) is 0 Å². The molecule has 0 radical (unpaired) electrons. The number of epoxide rings is 1. The van der Waals surface area contributed by atoms with Gasteiger partial charge >= 0.3 is 17.2 Å². The van der Waals surface area contributed by atoms with Crippen molar-refractivity contribution in [2.24, 2.45) is 5.92 Å². The van der Waals surface area contributed by atoms with Gasteiger partial charge in [-0.15, -0.1) is 0 Å². The zero-order valence-electron chi connectivity index (χ0n) is 25.3. The average Bonchev–Trinajstić information content (AvgIpc) is 3.52. The molecule has 4 atom stereocenters. The smallest absolute Gasteiger partial charge is 0.334 e. The SMILES string of the molecule is C=C1C(=O)O[C@H]2[C@H]1CC/C(COC(=O)/C=C\C(=O)NCc1ccc(CN3C(=C)N(CCCI)SC3=O)cc1)=C\CC[C@@]1(C)O[C@@H]21. The molecule has 1 aromatic carbocycles. The number of benzene rings is 1. The minimum absolute atomic E-state index is 0.0375. The molecule has 3 fully saturated rings. The molecule has 1 aliphatic carbocycles. The number of nitrogens with zero attached hydrogens (tertiary/aromatic N) is 2. The minimum atomic E-state index is -0.615. The third-order valence-corrected chi connectivity index (χ3v) is 10.3. The van der Waals surface area contributed by atoms with Gasteiger partial charge in [0, 0.05) is 41.2 Å². The van der Waals surface area contributed by atoms with Crippen molar-refractivity contribution in [3.05, 3.63) is 83.7 Å². The lowest BCUT2D eigenvalue weighted by molar-refractivity contribution is -0.140.